The highest BCUT2D eigenvalue weighted by atomic mass is 32.1. The van der Waals surface area contributed by atoms with Gasteiger partial charge in [0.1, 0.15) is 0 Å². The summed E-state index contributed by atoms with van der Waals surface area (Å²) in [7, 11) is 0. The summed E-state index contributed by atoms with van der Waals surface area (Å²) >= 11 is 5.07. The van der Waals surface area contributed by atoms with Gasteiger partial charge in [0.15, 0.2) is 0 Å². The van der Waals surface area contributed by atoms with Crippen molar-refractivity contribution in [2.75, 3.05) is 13.1 Å². The van der Waals surface area contributed by atoms with Crippen molar-refractivity contribution >= 4 is 23.1 Å². The molecule has 0 bridgehead atoms. The first-order valence-corrected chi connectivity index (χ1v) is 7.61. The Kier molecular flexibility index (Phi) is 4.33. The van der Waals surface area contributed by atoms with E-state index in [1.54, 1.807) is 4.90 Å². The van der Waals surface area contributed by atoms with E-state index in [0.29, 0.717) is 30.9 Å². The normalized spacial score (nSPS) is 26.2. The van der Waals surface area contributed by atoms with Crippen LogP contribution in [-0.2, 0) is 4.79 Å². The molecule has 2 fully saturated rings. The summed E-state index contributed by atoms with van der Waals surface area (Å²) in [4.78, 5) is 14.7. The summed E-state index contributed by atoms with van der Waals surface area (Å²) in [6, 6.07) is 0. The Bertz CT molecular complexity index is 396. The quantitative estimate of drug-likeness (QED) is 0.798. The molecule has 1 amide bonds. The van der Waals surface area contributed by atoms with E-state index in [9.17, 15) is 13.6 Å². The van der Waals surface area contributed by atoms with E-state index in [1.807, 2.05) is 6.92 Å². The second kappa shape index (κ2) is 5.54. The predicted octanol–water partition coefficient (Wildman–Crippen LogP) is 2.73. The number of carbonyl (C=O) groups excluding carboxylic acids is 1. The van der Waals surface area contributed by atoms with Crippen LogP contribution in [0.15, 0.2) is 0 Å². The lowest BCUT2D eigenvalue weighted by atomic mass is 9.79. The molecule has 3 nitrogen and oxygen atoms in total. The standard InChI is InChI=1S/C14H22F2N2OS/c1-13(12(17)20)6-8-18(9-7-13)11(19)10-2-4-14(15,16)5-3-10/h10H,2-9H2,1H3,(H2,17,20). The van der Waals surface area contributed by atoms with E-state index in [4.69, 9.17) is 18.0 Å². The monoisotopic (exact) mass is 304 g/mol. The number of hydrogen-bond acceptors (Lipinski definition) is 2. The third-order valence-electron chi connectivity index (χ3n) is 4.84. The van der Waals surface area contributed by atoms with Crippen molar-refractivity contribution in [2.45, 2.75) is 51.4 Å². The van der Waals surface area contributed by atoms with Crippen molar-refractivity contribution in [1.82, 2.24) is 4.90 Å². The first-order valence-electron chi connectivity index (χ1n) is 7.20. The Morgan fingerprint density at radius 3 is 2.15 bits per heavy atom. The SMILES string of the molecule is CC1(C(N)=S)CCN(C(=O)C2CCC(F)(F)CC2)CC1. The summed E-state index contributed by atoms with van der Waals surface area (Å²) in [5.74, 6) is -2.78. The summed E-state index contributed by atoms with van der Waals surface area (Å²) in [5, 5.41) is 0. The van der Waals surface area contributed by atoms with Crippen LogP contribution < -0.4 is 5.73 Å². The molecule has 114 valence electrons. The number of amides is 1. The molecule has 1 saturated carbocycles. The Morgan fingerprint density at radius 1 is 1.20 bits per heavy atom. The molecule has 2 N–H and O–H groups in total. The van der Waals surface area contributed by atoms with Crippen LogP contribution in [-0.4, -0.2) is 34.8 Å². The van der Waals surface area contributed by atoms with Gasteiger partial charge in [-0.05, 0) is 25.7 Å². The number of likely N-dealkylation sites (tertiary alicyclic amines) is 1. The summed E-state index contributed by atoms with van der Waals surface area (Å²) in [5.41, 5.74) is 5.57. The third-order valence-corrected chi connectivity index (χ3v) is 5.33. The van der Waals surface area contributed by atoms with Gasteiger partial charge in [0.25, 0.3) is 0 Å². The van der Waals surface area contributed by atoms with Gasteiger partial charge in [0, 0.05) is 37.3 Å². The second-order valence-corrected chi connectivity index (χ2v) is 6.82. The van der Waals surface area contributed by atoms with Crippen molar-refractivity contribution in [3.8, 4) is 0 Å². The van der Waals surface area contributed by atoms with Crippen molar-refractivity contribution < 1.29 is 13.6 Å². The number of nitrogens with zero attached hydrogens (tertiary/aromatic N) is 1. The fourth-order valence-electron chi connectivity index (χ4n) is 3.01. The molecule has 20 heavy (non-hydrogen) atoms. The number of thiocarbonyl (C=S) groups is 1. The molecule has 2 aliphatic rings. The average Bonchev–Trinajstić information content (AvgIpc) is 2.38. The predicted molar refractivity (Wildman–Crippen MR) is 77.6 cm³/mol. The molecule has 1 heterocycles. The van der Waals surface area contributed by atoms with Gasteiger partial charge in [-0.15, -0.1) is 0 Å². The van der Waals surface area contributed by atoms with Gasteiger partial charge in [-0.1, -0.05) is 19.1 Å². The molecular weight excluding hydrogens is 282 g/mol. The zero-order valence-electron chi connectivity index (χ0n) is 11.8. The molecular formula is C14H22F2N2OS. The minimum absolute atomic E-state index is 0.0329. The van der Waals surface area contributed by atoms with Crippen molar-refractivity contribution in [2.24, 2.45) is 17.1 Å². The molecule has 0 aromatic carbocycles. The molecule has 1 saturated heterocycles. The largest absolute Gasteiger partial charge is 0.393 e. The van der Waals surface area contributed by atoms with Crippen LogP contribution in [0.3, 0.4) is 0 Å². The van der Waals surface area contributed by atoms with E-state index in [2.05, 4.69) is 0 Å². The number of rotatable bonds is 2. The molecule has 0 spiro atoms. The Balaban J connectivity index is 1.88. The zero-order chi connectivity index (χ0) is 15.0. The maximum atomic E-state index is 13.1. The van der Waals surface area contributed by atoms with Crippen LogP contribution in [0.5, 0.6) is 0 Å². The van der Waals surface area contributed by atoms with E-state index < -0.39 is 5.92 Å². The molecule has 0 aromatic heterocycles. The molecule has 0 atom stereocenters. The maximum Gasteiger partial charge on any atom is 0.248 e. The molecule has 1 aliphatic heterocycles. The van der Waals surface area contributed by atoms with Crippen LogP contribution in [0.2, 0.25) is 0 Å². The first kappa shape index (κ1) is 15.6. The number of hydrogen-bond donors (Lipinski definition) is 1. The number of nitrogens with two attached hydrogens (primary N) is 1. The average molecular weight is 304 g/mol. The van der Waals surface area contributed by atoms with Crippen molar-refractivity contribution in [1.29, 1.82) is 0 Å². The summed E-state index contributed by atoms with van der Waals surface area (Å²) in [6.45, 7) is 3.28. The lowest BCUT2D eigenvalue weighted by Gasteiger charge is -2.40. The van der Waals surface area contributed by atoms with Gasteiger partial charge in [-0.25, -0.2) is 8.78 Å². The van der Waals surface area contributed by atoms with Crippen LogP contribution in [0.1, 0.15) is 45.4 Å². The topological polar surface area (TPSA) is 46.3 Å². The Morgan fingerprint density at radius 2 is 1.70 bits per heavy atom. The smallest absolute Gasteiger partial charge is 0.248 e. The highest BCUT2D eigenvalue weighted by Crippen LogP contribution is 2.38. The van der Waals surface area contributed by atoms with Gasteiger partial charge in [0.05, 0.1) is 4.99 Å². The summed E-state index contributed by atoms with van der Waals surface area (Å²) in [6.07, 6.45) is 1.79. The van der Waals surface area contributed by atoms with E-state index in [1.165, 1.54) is 0 Å². The minimum atomic E-state index is -2.58. The van der Waals surface area contributed by atoms with Crippen molar-refractivity contribution in [3.63, 3.8) is 0 Å². The lowest BCUT2D eigenvalue weighted by molar-refractivity contribution is -0.141. The molecule has 0 aromatic rings. The highest BCUT2D eigenvalue weighted by molar-refractivity contribution is 7.80. The van der Waals surface area contributed by atoms with Crippen LogP contribution >= 0.6 is 12.2 Å². The number of alkyl halides is 2. The van der Waals surface area contributed by atoms with E-state index in [-0.39, 0.29) is 30.1 Å². The van der Waals surface area contributed by atoms with E-state index >= 15 is 0 Å². The second-order valence-electron chi connectivity index (χ2n) is 6.38. The first-order chi connectivity index (χ1) is 9.23. The molecule has 1 aliphatic carbocycles. The fraction of sp³-hybridized carbons (Fsp3) is 0.857. The molecule has 0 radical (unpaired) electrons. The summed E-state index contributed by atoms with van der Waals surface area (Å²) < 4.78 is 26.2. The number of carbonyl (C=O) groups is 1. The number of halogens is 2. The fourth-order valence-corrected chi connectivity index (χ4v) is 3.22. The van der Waals surface area contributed by atoms with Gasteiger partial charge in [-0.2, -0.15) is 0 Å². The van der Waals surface area contributed by atoms with Crippen LogP contribution in [0.4, 0.5) is 8.78 Å². The maximum absolute atomic E-state index is 13.1. The van der Waals surface area contributed by atoms with Gasteiger partial charge < -0.3 is 10.6 Å². The molecule has 2 rings (SSSR count). The Labute approximate surface area is 123 Å². The van der Waals surface area contributed by atoms with Gasteiger partial charge in [0.2, 0.25) is 11.8 Å². The molecule has 0 unspecified atom stereocenters. The number of piperidine rings is 1. The zero-order valence-corrected chi connectivity index (χ0v) is 12.6. The van der Waals surface area contributed by atoms with Crippen LogP contribution in [0.25, 0.3) is 0 Å². The molecule has 6 heteroatoms. The van der Waals surface area contributed by atoms with Crippen LogP contribution in [0, 0.1) is 11.3 Å². The third kappa shape index (κ3) is 3.27. The minimum Gasteiger partial charge on any atom is -0.393 e. The van der Waals surface area contributed by atoms with Gasteiger partial charge in [-0.3, -0.25) is 4.79 Å². The van der Waals surface area contributed by atoms with Gasteiger partial charge >= 0.3 is 0 Å². The lowest BCUT2D eigenvalue weighted by Crippen LogP contribution is -2.48. The van der Waals surface area contributed by atoms with Crippen molar-refractivity contribution in [3.05, 3.63) is 0 Å². The highest BCUT2D eigenvalue weighted by Gasteiger charge is 2.40. The van der Waals surface area contributed by atoms with E-state index in [0.717, 1.165) is 12.8 Å². The Hall–Kier alpha value is -0.780.